The lowest BCUT2D eigenvalue weighted by atomic mass is 9.92. The molecule has 0 bridgehead atoms. The van der Waals surface area contributed by atoms with Gasteiger partial charge in [-0.15, -0.1) is 0 Å². The van der Waals surface area contributed by atoms with Gasteiger partial charge in [0.15, 0.2) is 6.29 Å². The molecule has 0 radical (unpaired) electrons. The monoisotopic (exact) mass is 250 g/mol. The Hall–Kier alpha value is -1.02. The normalized spacial score (nSPS) is 14.2. The van der Waals surface area contributed by atoms with Crippen molar-refractivity contribution >= 4 is 0 Å². The van der Waals surface area contributed by atoms with Gasteiger partial charge in [0.1, 0.15) is 5.75 Å². The fraction of sp³-hybridized carbons (Fsp3) is 0.625. The quantitative estimate of drug-likeness (QED) is 0.620. The molecule has 1 aromatic carbocycles. The van der Waals surface area contributed by atoms with Crippen LogP contribution in [0.2, 0.25) is 0 Å². The van der Waals surface area contributed by atoms with Crippen LogP contribution in [0.25, 0.3) is 0 Å². The van der Waals surface area contributed by atoms with Crippen molar-refractivity contribution in [3.05, 3.63) is 29.8 Å². The van der Waals surface area contributed by atoms with E-state index < -0.39 is 0 Å². The Morgan fingerprint density at radius 2 is 1.72 bits per heavy atom. The fourth-order valence-corrected chi connectivity index (χ4v) is 2.23. The zero-order valence-electron chi connectivity index (χ0n) is 12.1. The zero-order valence-corrected chi connectivity index (χ0v) is 12.1. The number of rotatable bonds is 8. The van der Waals surface area contributed by atoms with E-state index in [-0.39, 0.29) is 6.29 Å². The molecule has 0 saturated heterocycles. The molecule has 0 spiro atoms. The minimum absolute atomic E-state index is 0.182. The van der Waals surface area contributed by atoms with Crippen LogP contribution in [0.1, 0.15) is 58.4 Å². The second kappa shape index (κ2) is 8.15. The van der Waals surface area contributed by atoms with Gasteiger partial charge in [0.2, 0.25) is 0 Å². The molecular weight excluding hydrogens is 224 g/mol. The molecule has 0 saturated carbocycles. The van der Waals surface area contributed by atoms with Gasteiger partial charge in [-0.05, 0) is 50.3 Å². The van der Waals surface area contributed by atoms with E-state index in [0.29, 0.717) is 12.5 Å². The molecule has 2 nitrogen and oxygen atoms in total. The highest BCUT2D eigenvalue weighted by Gasteiger charge is 2.09. The molecule has 0 aliphatic rings. The number of benzene rings is 1. The molecule has 102 valence electrons. The van der Waals surface area contributed by atoms with E-state index in [1.807, 2.05) is 26.0 Å². The summed E-state index contributed by atoms with van der Waals surface area (Å²) in [6.07, 6.45) is 3.51. The van der Waals surface area contributed by atoms with Crippen molar-refractivity contribution in [2.75, 3.05) is 6.61 Å². The van der Waals surface area contributed by atoms with E-state index in [2.05, 4.69) is 26.0 Å². The van der Waals surface area contributed by atoms with Crippen molar-refractivity contribution in [2.24, 2.45) is 0 Å². The average molecular weight is 250 g/mol. The van der Waals surface area contributed by atoms with Crippen LogP contribution in [-0.2, 0) is 4.74 Å². The summed E-state index contributed by atoms with van der Waals surface area (Å²) in [5, 5.41) is 0. The van der Waals surface area contributed by atoms with Crippen LogP contribution in [0.5, 0.6) is 5.75 Å². The van der Waals surface area contributed by atoms with Crippen molar-refractivity contribution in [3.63, 3.8) is 0 Å². The van der Waals surface area contributed by atoms with E-state index in [1.54, 1.807) is 0 Å². The van der Waals surface area contributed by atoms with E-state index in [9.17, 15) is 0 Å². The summed E-state index contributed by atoms with van der Waals surface area (Å²) in [6, 6.07) is 8.45. The van der Waals surface area contributed by atoms with Gasteiger partial charge in [-0.3, -0.25) is 0 Å². The van der Waals surface area contributed by atoms with Crippen LogP contribution in [0.3, 0.4) is 0 Å². The summed E-state index contributed by atoms with van der Waals surface area (Å²) in [4.78, 5) is 0. The molecule has 0 aliphatic heterocycles. The maximum Gasteiger partial charge on any atom is 0.196 e. The SMILES string of the molecule is CCCC(CC)c1ccc(OC(C)OCC)cc1. The van der Waals surface area contributed by atoms with Gasteiger partial charge >= 0.3 is 0 Å². The van der Waals surface area contributed by atoms with Crippen molar-refractivity contribution < 1.29 is 9.47 Å². The molecule has 1 aromatic rings. The van der Waals surface area contributed by atoms with Crippen LogP contribution in [-0.4, -0.2) is 12.9 Å². The molecule has 0 aliphatic carbocycles. The third-order valence-electron chi connectivity index (χ3n) is 3.18. The molecule has 0 heterocycles. The maximum absolute atomic E-state index is 5.66. The first-order valence-corrected chi connectivity index (χ1v) is 7.09. The molecule has 0 amide bonds. The second-order valence-electron chi connectivity index (χ2n) is 4.60. The third-order valence-corrected chi connectivity index (χ3v) is 3.18. The van der Waals surface area contributed by atoms with Crippen LogP contribution < -0.4 is 4.74 Å². The van der Waals surface area contributed by atoms with Gasteiger partial charge < -0.3 is 9.47 Å². The Labute approximate surface area is 111 Å². The van der Waals surface area contributed by atoms with Gasteiger partial charge in [-0.2, -0.15) is 0 Å². The molecular formula is C16H26O2. The topological polar surface area (TPSA) is 18.5 Å². The predicted molar refractivity (Wildman–Crippen MR) is 76.1 cm³/mol. The average Bonchev–Trinajstić information content (AvgIpc) is 2.37. The Morgan fingerprint density at radius 1 is 1.06 bits per heavy atom. The van der Waals surface area contributed by atoms with Crippen molar-refractivity contribution in [3.8, 4) is 5.75 Å². The lowest BCUT2D eigenvalue weighted by Crippen LogP contribution is -2.15. The highest BCUT2D eigenvalue weighted by Crippen LogP contribution is 2.26. The van der Waals surface area contributed by atoms with E-state index >= 15 is 0 Å². The molecule has 1 rings (SSSR count). The predicted octanol–water partition coefficient (Wildman–Crippen LogP) is 4.74. The van der Waals surface area contributed by atoms with Crippen LogP contribution in [0.15, 0.2) is 24.3 Å². The smallest absolute Gasteiger partial charge is 0.196 e. The van der Waals surface area contributed by atoms with Crippen LogP contribution >= 0.6 is 0 Å². The minimum Gasteiger partial charge on any atom is -0.465 e. The van der Waals surface area contributed by atoms with Gasteiger partial charge in [-0.1, -0.05) is 32.4 Å². The Bertz CT molecular complexity index is 318. The third kappa shape index (κ3) is 4.69. The summed E-state index contributed by atoms with van der Waals surface area (Å²) in [5.41, 5.74) is 1.41. The van der Waals surface area contributed by atoms with E-state index in [0.717, 1.165) is 5.75 Å². The maximum atomic E-state index is 5.66. The summed E-state index contributed by atoms with van der Waals surface area (Å²) >= 11 is 0. The van der Waals surface area contributed by atoms with Crippen molar-refractivity contribution in [1.29, 1.82) is 0 Å². The van der Waals surface area contributed by atoms with Crippen molar-refractivity contribution in [2.45, 2.75) is 59.2 Å². The number of hydrogen-bond donors (Lipinski definition) is 0. The van der Waals surface area contributed by atoms with Crippen LogP contribution in [0, 0.1) is 0 Å². The molecule has 0 fully saturated rings. The highest BCUT2D eigenvalue weighted by molar-refractivity contribution is 5.29. The van der Waals surface area contributed by atoms with Crippen molar-refractivity contribution in [1.82, 2.24) is 0 Å². The standard InChI is InChI=1S/C16H26O2/c1-5-8-14(6-2)15-9-11-16(12-10-15)18-13(4)17-7-3/h9-14H,5-8H2,1-4H3. The first kappa shape index (κ1) is 15.0. The molecule has 2 atom stereocenters. The molecule has 0 aromatic heterocycles. The first-order chi connectivity index (χ1) is 8.71. The Balaban J connectivity index is 2.61. The molecule has 2 heteroatoms. The van der Waals surface area contributed by atoms with E-state index in [1.165, 1.54) is 24.8 Å². The summed E-state index contributed by atoms with van der Waals surface area (Å²) in [7, 11) is 0. The van der Waals surface area contributed by atoms with Crippen LogP contribution in [0.4, 0.5) is 0 Å². The van der Waals surface area contributed by atoms with E-state index in [4.69, 9.17) is 9.47 Å². The second-order valence-corrected chi connectivity index (χ2v) is 4.60. The largest absolute Gasteiger partial charge is 0.465 e. The lowest BCUT2D eigenvalue weighted by molar-refractivity contribution is -0.0613. The Morgan fingerprint density at radius 3 is 2.22 bits per heavy atom. The molecule has 0 N–H and O–H groups in total. The van der Waals surface area contributed by atoms with Gasteiger partial charge in [0.25, 0.3) is 0 Å². The summed E-state index contributed by atoms with van der Waals surface area (Å²) < 4.78 is 11.0. The fourth-order valence-electron chi connectivity index (χ4n) is 2.23. The van der Waals surface area contributed by atoms with Gasteiger partial charge in [0, 0.05) is 6.61 Å². The first-order valence-electron chi connectivity index (χ1n) is 7.09. The zero-order chi connectivity index (χ0) is 13.4. The minimum atomic E-state index is -0.182. The lowest BCUT2D eigenvalue weighted by Gasteiger charge is -2.17. The summed E-state index contributed by atoms with van der Waals surface area (Å²) in [6.45, 7) is 9.06. The van der Waals surface area contributed by atoms with Gasteiger partial charge in [-0.25, -0.2) is 0 Å². The Kier molecular flexibility index (Phi) is 6.81. The van der Waals surface area contributed by atoms with Gasteiger partial charge in [0.05, 0.1) is 0 Å². The number of hydrogen-bond acceptors (Lipinski definition) is 2. The summed E-state index contributed by atoms with van der Waals surface area (Å²) in [5.74, 6) is 1.56. The highest BCUT2D eigenvalue weighted by atomic mass is 16.7. The number of ether oxygens (including phenoxy) is 2. The molecule has 18 heavy (non-hydrogen) atoms. The molecule has 2 unspecified atom stereocenters.